The molecule has 33 heavy (non-hydrogen) atoms. The van der Waals surface area contributed by atoms with Crippen LogP contribution in [0.4, 0.5) is 11.4 Å². The maximum Gasteiger partial charge on any atom is 0.257 e. The zero-order valence-corrected chi connectivity index (χ0v) is 19.6. The predicted molar refractivity (Wildman–Crippen MR) is 137 cm³/mol. The molecule has 3 heterocycles. The number of nitrogens with zero attached hydrogens (tertiary/aromatic N) is 3. The molecule has 0 saturated carbocycles. The highest BCUT2D eigenvalue weighted by molar-refractivity contribution is 7.98. The van der Waals surface area contributed by atoms with Crippen LogP contribution in [0.5, 0.6) is 0 Å². The van der Waals surface area contributed by atoms with Gasteiger partial charge in [0.25, 0.3) is 5.91 Å². The Kier molecular flexibility index (Phi) is 6.17. The van der Waals surface area contributed by atoms with E-state index in [1.807, 2.05) is 55.5 Å². The molecule has 2 aromatic heterocycles. The molecule has 0 bridgehead atoms. The average Bonchev–Trinajstić information content (AvgIpc) is 2.85. The van der Waals surface area contributed by atoms with Crippen molar-refractivity contribution in [3.8, 4) is 11.3 Å². The van der Waals surface area contributed by atoms with Crippen LogP contribution in [0.3, 0.4) is 0 Å². The fourth-order valence-electron chi connectivity index (χ4n) is 3.86. The first-order valence-corrected chi connectivity index (χ1v) is 11.8. The highest BCUT2D eigenvalue weighted by atomic mass is 35.5. The van der Waals surface area contributed by atoms with E-state index in [1.54, 1.807) is 30.6 Å². The van der Waals surface area contributed by atoms with Gasteiger partial charge in [0.2, 0.25) is 0 Å². The zero-order valence-electron chi connectivity index (χ0n) is 18.0. The smallest absolute Gasteiger partial charge is 0.257 e. The summed E-state index contributed by atoms with van der Waals surface area (Å²) in [7, 11) is 0. The number of pyridine rings is 2. The Bertz CT molecular complexity index is 1330. The van der Waals surface area contributed by atoms with Crippen LogP contribution in [-0.2, 0) is 0 Å². The summed E-state index contributed by atoms with van der Waals surface area (Å²) in [4.78, 5) is 22.0. The number of halogens is 1. The third-order valence-corrected chi connectivity index (χ3v) is 6.84. The van der Waals surface area contributed by atoms with Gasteiger partial charge in [-0.25, -0.2) is 4.72 Å². The SMILES string of the molecule is Cc1ccc(NC(=O)c2ccc(N3CCCNS3)cc2Cl)cc1-c1nccc2ncccc12. The standard InChI is InChI=1S/C25H22ClN5OS/c1-16-5-6-17(14-21(16)24-20-4-2-10-27-23(20)9-12-28-24)30-25(32)19-8-7-18(15-22(19)26)31-13-3-11-29-33-31/h2,4-10,12,14-15,29H,3,11,13H2,1H3,(H,30,32). The van der Waals surface area contributed by atoms with Crippen LogP contribution in [0, 0.1) is 6.92 Å². The van der Waals surface area contributed by atoms with Crippen molar-refractivity contribution < 1.29 is 4.79 Å². The summed E-state index contributed by atoms with van der Waals surface area (Å²) in [6.07, 6.45) is 4.59. The molecule has 2 N–H and O–H groups in total. The van der Waals surface area contributed by atoms with Gasteiger partial charge in [-0.3, -0.25) is 14.8 Å². The van der Waals surface area contributed by atoms with Gasteiger partial charge in [0.1, 0.15) is 0 Å². The molecule has 8 heteroatoms. The Morgan fingerprint density at radius 3 is 2.85 bits per heavy atom. The van der Waals surface area contributed by atoms with Gasteiger partial charge in [0.15, 0.2) is 0 Å². The first kappa shape index (κ1) is 21.7. The summed E-state index contributed by atoms with van der Waals surface area (Å²) in [5, 5.41) is 4.37. The number of fused-ring (bicyclic) bond motifs is 1. The molecule has 0 spiro atoms. The Morgan fingerprint density at radius 2 is 2.03 bits per heavy atom. The van der Waals surface area contributed by atoms with Crippen LogP contribution in [0.2, 0.25) is 5.02 Å². The number of hydrogen-bond acceptors (Lipinski definition) is 6. The van der Waals surface area contributed by atoms with Crippen molar-refractivity contribution in [3.05, 3.63) is 83.1 Å². The van der Waals surface area contributed by atoms with Gasteiger partial charge < -0.3 is 9.62 Å². The molecule has 166 valence electrons. The molecular weight excluding hydrogens is 454 g/mol. The van der Waals surface area contributed by atoms with Gasteiger partial charge in [-0.05, 0) is 67.4 Å². The minimum atomic E-state index is -0.252. The van der Waals surface area contributed by atoms with Crippen molar-refractivity contribution in [3.63, 3.8) is 0 Å². The van der Waals surface area contributed by atoms with Crippen molar-refractivity contribution in [1.82, 2.24) is 14.7 Å². The Labute approximate surface area is 201 Å². The van der Waals surface area contributed by atoms with Crippen molar-refractivity contribution in [2.24, 2.45) is 0 Å². The van der Waals surface area contributed by atoms with Gasteiger partial charge in [-0.2, -0.15) is 0 Å². The molecule has 1 amide bonds. The number of amides is 1. The summed E-state index contributed by atoms with van der Waals surface area (Å²) >= 11 is 8.05. The lowest BCUT2D eigenvalue weighted by Gasteiger charge is -2.27. The lowest BCUT2D eigenvalue weighted by atomic mass is 10.0. The van der Waals surface area contributed by atoms with E-state index in [-0.39, 0.29) is 5.91 Å². The molecule has 0 aliphatic carbocycles. The van der Waals surface area contributed by atoms with E-state index in [9.17, 15) is 4.79 Å². The topological polar surface area (TPSA) is 70.2 Å². The van der Waals surface area contributed by atoms with Gasteiger partial charge >= 0.3 is 0 Å². The van der Waals surface area contributed by atoms with Crippen molar-refractivity contribution in [2.75, 3.05) is 22.7 Å². The molecule has 1 aliphatic heterocycles. The van der Waals surface area contributed by atoms with Crippen LogP contribution < -0.4 is 14.3 Å². The quantitative estimate of drug-likeness (QED) is 0.359. The number of aromatic nitrogens is 2. The highest BCUT2D eigenvalue weighted by Gasteiger charge is 2.17. The molecule has 0 unspecified atom stereocenters. The van der Waals surface area contributed by atoms with Gasteiger partial charge in [0.05, 0.1) is 21.8 Å². The molecule has 1 aliphatic rings. The fourth-order valence-corrected chi connectivity index (χ4v) is 4.95. The zero-order chi connectivity index (χ0) is 22.8. The van der Waals surface area contributed by atoms with E-state index >= 15 is 0 Å². The third kappa shape index (κ3) is 4.53. The average molecular weight is 476 g/mol. The summed E-state index contributed by atoms with van der Waals surface area (Å²) in [5.41, 5.74) is 5.81. The van der Waals surface area contributed by atoms with Crippen LogP contribution in [0.25, 0.3) is 22.2 Å². The lowest BCUT2D eigenvalue weighted by molar-refractivity contribution is 0.102. The third-order valence-electron chi connectivity index (χ3n) is 5.58. The number of carbonyl (C=O) groups excluding carboxylic acids is 1. The second-order valence-corrected chi connectivity index (χ2v) is 9.14. The first-order chi connectivity index (χ1) is 16.1. The number of hydrogen-bond donors (Lipinski definition) is 2. The Hall–Kier alpha value is -3.13. The first-order valence-electron chi connectivity index (χ1n) is 10.7. The molecule has 0 atom stereocenters. The maximum atomic E-state index is 13.0. The lowest BCUT2D eigenvalue weighted by Crippen LogP contribution is -2.29. The maximum absolute atomic E-state index is 13.0. The highest BCUT2D eigenvalue weighted by Crippen LogP contribution is 2.32. The molecule has 5 rings (SSSR count). The minimum absolute atomic E-state index is 0.252. The van der Waals surface area contributed by atoms with Crippen molar-refractivity contribution in [2.45, 2.75) is 13.3 Å². The van der Waals surface area contributed by atoms with E-state index < -0.39 is 0 Å². The molecule has 2 aromatic carbocycles. The van der Waals surface area contributed by atoms with Crippen molar-refractivity contribution >= 4 is 51.9 Å². The van der Waals surface area contributed by atoms with Crippen LogP contribution >= 0.6 is 23.7 Å². The van der Waals surface area contributed by atoms with E-state index in [1.165, 1.54) is 0 Å². The van der Waals surface area contributed by atoms with Gasteiger partial charge in [0, 0.05) is 59.9 Å². The van der Waals surface area contributed by atoms with E-state index in [4.69, 9.17) is 11.6 Å². The van der Waals surface area contributed by atoms with E-state index in [2.05, 4.69) is 24.3 Å². The number of anilines is 2. The number of nitrogens with one attached hydrogen (secondary N) is 2. The van der Waals surface area contributed by atoms with Crippen LogP contribution in [0.15, 0.2) is 67.0 Å². The van der Waals surface area contributed by atoms with Crippen LogP contribution in [0.1, 0.15) is 22.3 Å². The van der Waals surface area contributed by atoms with Gasteiger partial charge in [-0.1, -0.05) is 17.7 Å². The Morgan fingerprint density at radius 1 is 1.12 bits per heavy atom. The van der Waals surface area contributed by atoms with Crippen molar-refractivity contribution in [1.29, 1.82) is 0 Å². The number of aryl methyl sites for hydroxylation is 1. The van der Waals surface area contributed by atoms with E-state index in [0.29, 0.717) is 16.3 Å². The Balaban J connectivity index is 1.41. The fraction of sp³-hybridized carbons (Fsp3) is 0.160. The largest absolute Gasteiger partial charge is 0.322 e. The minimum Gasteiger partial charge on any atom is -0.322 e. The molecule has 6 nitrogen and oxygen atoms in total. The number of rotatable bonds is 4. The normalized spacial score (nSPS) is 13.8. The summed E-state index contributed by atoms with van der Waals surface area (Å²) in [5.74, 6) is -0.252. The predicted octanol–water partition coefficient (Wildman–Crippen LogP) is 5.87. The molecule has 4 aromatic rings. The monoisotopic (exact) mass is 475 g/mol. The molecular formula is C25H22ClN5OS. The second kappa shape index (κ2) is 9.39. The number of carbonyl (C=O) groups is 1. The molecule has 1 saturated heterocycles. The van der Waals surface area contributed by atoms with E-state index in [0.717, 1.165) is 52.9 Å². The second-order valence-electron chi connectivity index (χ2n) is 7.82. The summed E-state index contributed by atoms with van der Waals surface area (Å²) in [6.45, 7) is 3.95. The number of benzene rings is 2. The van der Waals surface area contributed by atoms with Gasteiger partial charge in [-0.15, -0.1) is 0 Å². The summed E-state index contributed by atoms with van der Waals surface area (Å²) in [6, 6.07) is 17.1. The molecule has 1 fully saturated rings. The van der Waals surface area contributed by atoms with Crippen LogP contribution in [-0.4, -0.2) is 29.0 Å². The summed E-state index contributed by atoms with van der Waals surface area (Å²) < 4.78 is 5.40. The molecule has 0 radical (unpaired) electrons.